The number of imidazole rings is 2. The molecule has 0 radical (unpaired) electrons. The summed E-state index contributed by atoms with van der Waals surface area (Å²) in [5.74, 6) is 1.65. The second kappa shape index (κ2) is 15.7. The molecule has 12 heteroatoms. The van der Waals surface area contributed by atoms with Gasteiger partial charge in [0, 0.05) is 18.7 Å². The summed E-state index contributed by atoms with van der Waals surface area (Å²) in [7, 11) is 3.91. The Morgan fingerprint density at radius 1 is 0.667 bits per heavy atom. The zero-order chi connectivity index (χ0) is 38.9. The SMILES string of the molecule is CN(C)[C@@H](C(=O)N1CCC[C@H]1c1ncc(-c2ccc(-c3ccc(-c4cnc([C@@H]5CCCN5C(=O)c5snnc5-c5ccccc5)[nH]4)cc3)cc2)[nH]1)c1ccccc1. The fourth-order valence-electron chi connectivity index (χ4n) is 8.30. The van der Waals surface area contributed by atoms with Gasteiger partial charge in [-0.15, -0.1) is 5.10 Å². The molecule has 2 amide bonds. The Bertz CT molecular complexity index is 2480. The number of aromatic amines is 2. The lowest BCUT2D eigenvalue weighted by molar-refractivity contribution is -0.137. The topological polar surface area (TPSA) is 127 Å². The van der Waals surface area contributed by atoms with E-state index >= 15 is 0 Å². The van der Waals surface area contributed by atoms with Crippen molar-refractivity contribution in [1.29, 1.82) is 0 Å². The van der Waals surface area contributed by atoms with Gasteiger partial charge in [0.15, 0.2) is 0 Å². The van der Waals surface area contributed by atoms with Crippen LogP contribution in [0.25, 0.3) is 44.9 Å². The standard InChI is InChI=1S/C45H43N9O2S/c1-52(2)40(34-13-7-4-8-14-34)44(55)53-25-9-15-37(53)42-46-27-35(48-42)31-21-17-29(18-22-31)30-19-23-32(24-20-30)36-28-47-43(49-36)38-16-10-26-54(38)45(56)41-39(50-51-57-41)33-11-5-3-6-12-33/h3-8,11-14,17-24,27-28,37-38,40H,9-10,15-16,25-26H2,1-2H3,(H,46,48)(H,47,49)/t37-,38-,40+/m0/s1. The van der Waals surface area contributed by atoms with Crippen LogP contribution < -0.4 is 0 Å². The van der Waals surface area contributed by atoms with E-state index in [1.807, 2.05) is 102 Å². The lowest BCUT2D eigenvalue weighted by Gasteiger charge is -2.31. The van der Waals surface area contributed by atoms with E-state index in [9.17, 15) is 9.59 Å². The van der Waals surface area contributed by atoms with E-state index in [-0.39, 0.29) is 29.9 Å². The molecule has 3 atom stereocenters. The van der Waals surface area contributed by atoms with Crippen molar-refractivity contribution in [2.45, 2.75) is 43.8 Å². The Morgan fingerprint density at radius 3 is 1.74 bits per heavy atom. The van der Waals surface area contributed by atoms with Crippen LogP contribution in [0, 0.1) is 0 Å². The van der Waals surface area contributed by atoms with Crippen LogP contribution in [0.5, 0.6) is 0 Å². The number of carbonyl (C=O) groups is 2. The van der Waals surface area contributed by atoms with Gasteiger partial charge in [-0.3, -0.25) is 14.5 Å². The van der Waals surface area contributed by atoms with Gasteiger partial charge >= 0.3 is 0 Å². The molecule has 2 saturated heterocycles. The maximum atomic E-state index is 13.9. The van der Waals surface area contributed by atoms with Crippen LogP contribution >= 0.6 is 11.5 Å². The van der Waals surface area contributed by atoms with Gasteiger partial charge in [-0.05, 0) is 79.1 Å². The van der Waals surface area contributed by atoms with E-state index in [1.54, 1.807) is 0 Å². The Labute approximate surface area is 335 Å². The minimum Gasteiger partial charge on any atom is -0.340 e. The molecule has 9 rings (SSSR count). The molecule has 11 nitrogen and oxygen atoms in total. The van der Waals surface area contributed by atoms with Gasteiger partial charge in [0.2, 0.25) is 5.91 Å². The zero-order valence-corrected chi connectivity index (χ0v) is 32.7. The molecule has 0 unspecified atom stereocenters. The summed E-state index contributed by atoms with van der Waals surface area (Å²) in [4.78, 5) is 50.7. The van der Waals surface area contributed by atoms with Crippen LogP contribution in [0.1, 0.15) is 70.7 Å². The number of nitrogens with zero attached hydrogens (tertiary/aromatic N) is 7. The first-order valence-corrected chi connectivity index (χ1v) is 20.2. The van der Waals surface area contributed by atoms with Gasteiger partial charge in [-0.1, -0.05) is 114 Å². The van der Waals surface area contributed by atoms with Crippen LogP contribution in [0.3, 0.4) is 0 Å². The van der Waals surface area contributed by atoms with E-state index in [0.717, 1.165) is 93.6 Å². The molecule has 286 valence electrons. The Balaban J connectivity index is 0.862. The van der Waals surface area contributed by atoms with Gasteiger partial charge in [-0.2, -0.15) is 0 Å². The smallest absolute Gasteiger partial charge is 0.268 e. The van der Waals surface area contributed by atoms with Crippen LogP contribution in [0.2, 0.25) is 0 Å². The summed E-state index contributed by atoms with van der Waals surface area (Å²) in [5, 5.41) is 4.29. The van der Waals surface area contributed by atoms with E-state index in [4.69, 9.17) is 9.97 Å². The third kappa shape index (κ3) is 7.18. The van der Waals surface area contributed by atoms with E-state index in [2.05, 4.69) is 68.1 Å². The van der Waals surface area contributed by atoms with Crippen LogP contribution in [0.4, 0.5) is 0 Å². The highest BCUT2D eigenvalue weighted by Crippen LogP contribution is 2.37. The molecule has 2 aliphatic heterocycles. The highest BCUT2D eigenvalue weighted by molar-refractivity contribution is 7.08. The highest BCUT2D eigenvalue weighted by atomic mass is 32.1. The fraction of sp³-hybridized carbons (Fsp3) is 0.244. The summed E-state index contributed by atoms with van der Waals surface area (Å²) < 4.78 is 4.12. The number of likely N-dealkylation sites (tertiary alicyclic amines) is 2. The maximum Gasteiger partial charge on any atom is 0.268 e. The molecule has 0 bridgehead atoms. The van der Waals surface area contributed by atoms with Gasteiger partial charge in [0.05, 0.1) is 35.9 Å². The van der Waals surface area contributed by atoms with Gasteiger partial charge < -0.3 is 19.8 Å². The van der Waals surface area contributed by atoms with Gasteiger partial charge in [0.25, 0.3) is 5.91 Å². The predicted molar refractivity (Wildman–Crippen MR) is 222 cm³/mol. The summed E-state index contributed by atoms with van der Waals surface area (Å²) in [6, 6.07) is 36.0. The first-order valence-electron chi connectivity index (χ1n) is 19.4. The summed E-state index contributed by atoms with van der Waals surface area (Å²) in [5.41, 5.74) is 8.60. The van der Waals surface area contributed by atoms with Crippen molar-refractivity contribution >= 4 is 23.3 Å². The molecule has 0 aliphatic carbocycles. The maximum absolute atomic E-state index is 13.9. The lowest BCUT2D eigenvalue weighted by atomic mass is 10.0. The van der Waals surface area contributed by atoms with Crippen molar-refractivity contribution in [2.24, 2.45) is 0 Å². The van der Waals surface area contributed by atoms with Crippen molar-refractivity contribution < 1.29 is 9.59 Å². The van der Waals surface area contributed by atoms with Gasteiger partial charge in [-0.25, -0.2) is 9.97 Å². The second-order valence-electron chi connectivity index (χ2n) is 15.0. The lowest BCUT2D eigenvalue weighted by Crippen LogP contribution is -2.40. The molecule has 57 heavy (non-hydrogen) atoms. The molecule has 2 aliphatic rings. The van der Waals surface area contributed by atoms with Gasteiger partial charge in [0.1, 0.15) is 28.3 Å². The third-order valence-corrected chi connectivity index (χ3v) is 11.9. The number of benzene rings is 4. The minimum atomic E-state index is -0.345. The van der Waals surface area contributed by atoms with E-state index < -0.39 is 0 Å². The molecule has 0 spiro atoms. The molecular weight excluding hydrogens is 731 g/mol. The number of rotatable bonds is 10. The monoisotopic (exact) mass is 773 g/mol. The number of aromatic nitrogens is 6. The van der Waals surface area contributed by atoms with Crippen molar-refractivity contribution in [1.82, 2.24) is 44.2 Å². The molecule has 0 saturated carbocycles. The molecule has 4 aromatic carbocycles. The highest BCUT2D eigenvalue weighted by Gasteiger charge is 2.37. The van der Waals surface area contributed by atoms with E-state index in [1.165, 1.54) is 0 Å². The quantitative estimate of drug-likeness (QED) is 0.143. The average Bonchev–Trinajstić information content (AvgIpc) is 4.11. The minimum absolute atomic E-state index is 0.0579. The fourth-order valence-corrected chi connectivity index (χ4v) is 8.94. The average molecular weight is 774 g/mol. The predicted octanol–water partition coefficient (Wildman–Crippen LogP) is 8.60. The van der Waals surface area contributed by atoms with Crippen LogP contribution in [-0.4, -0.2) is 83.2 Å². The number of carbonyl (C=O) groups excluding carboxylic acids is 2. The van der Waals surface area contributed by atoms with Crippen LogP contribution in [0.15, 0.2) is 122 Å². The number of nitrogens with one attached hydrogen (secondary N) is 2. The second-order valence-corrected chi connectivity index (χ2v) is 15.7. The number of hydrogen-bond donors (Lipinski definition) is 2. The third-order valence-electron chi connectivity index (χ3n) is 11.2. The van der Waals surface area contributed by atoms with Crippen molar-refractivity contribution in [2.75, 3.05) is 27.2 Å². The molecule has 3 aromatic heterocycles. The summed E-state index contributed by atoms with van der Waals surface area (Å²) in [6.45, 7) is 1.38. The van der Waals surface area contributed by atoms with Crippen LogP contribution in [-0.2, 0) is 4.79 Å². The Hall–Kier alpha value is -6.24. The number of hydrogen-bond acceptors (Lipinski definition) is 8. The van der Waals surface area contributed by atoms with Crippen molar-refractivity contribution in [3.8, 4) is 44.9 Å². The van der Waals surface area contributed by atoms with E-state index in [0.29, 0.717) is 23.7 Å². The normalized spacial score (nSPS) is 17.4. The molecule has 2 fully saturated rings. The number of H-pyrrole nitrogens is 2. The molecular formula is C45H43N9O2S. The summed E-state index contributed by atoms with van der Waals surface area (Å²) in [6.07, 6.45) is 7.29. The molecule has 2 N–H and O–H groups in total. The number of likely N-dealkylation sites (N-methyl/N-ethyl adjacent to an activating group) is 1. The zero-order valence-electron chi connectivity index (χ0n) is 31.9. The Kier molecular flexibility index (Phi) is 10.0. The first-order chi connectivity index (χ1) is 27.9. The van der Waals surface area contributed by atoms with Crippen molar-refractivity contribution in [3.63, 3.8) is 0 Å². The van der Waals surface area contributed by atoms with Crippen molar-refractivity contribution in [3.05, 3.63) is 144 Å². The summed E-state index contributed by atoms with van der Waals surface area (Å²) >= 11 is 1.14. The number of amides is 2. The largest absolute Gasteiger partial charge is 0.340 e. The molecule has 5 heterocycles. The molecule has 7 aromatic rings. The Morgan fingerprint density at radius 2 is 1.18 bits per heavy atom. The first kappa shape index (κ1) is 36.4.